The van der Waals surface area contributed by atoms with Crippen molar-refractivity contribution < 1.29 is 46.9 Å². The molecule has 6 rings (SSSR count). The minimum Gasteiger partial charge on any atom is -0.626 e. The minimum atomic E-state index is -1.16. The van der Waals surface area contributed by atoms with Gasteiger partial charge in [0.1, 0.15) is 28.1 Å². The predicted molar refractivity (Wildman–Crippen MR) is 294 cm³/mol. The van der Waals surface area contributed by atoms with Crippen molar-refractivity contribution in [1.82, 2.24) is 15.3 Å². The number of halogens is 2. The van der Waals surface area contributed by atoms with E-state index in [1.807, 2.05) is 96.9 Å². The highest BCUT2D eigenvalue weighted by Crippen LogP contribution is 2.58. The van der Waals surface area contributed by atoms with Gasteiger partial charge in [0.05, 0.1) is 61.5 Å². The van der Waals surface area contributed by atoms with Crippen LogP contribution in [0.25, 0.3) is 0 Å². The monoisotopic (exact) mass is 1050 g/mol. The molecule has 0 unspecified atom stereocenters. The molecule has 0 saturated carbocycles. The number of rotatable bonds is 8. The van der Waals surface area contributed by atoms with Crippen LogP contribution in [0.1, 0.15) is 194 Å². The molecule has 4 heterocycles. The Morgan fingerprint density at radius 2 is 0.840 bits per heavy atom. The number of quaternary nitrogens is 1. The second-order valence-corrected chi connectivity index (χ2v) is 27.9. The van der Waals surface area contributed by atoms with Crippen molar-refractivity contribution in [3.05, 3.63) is 53.2 Å². The molecule has 0 spiro atoms. The summed E-state index contributed by atoms with van der Waals surface area (Å²) in [6.07, 6.45) is -1.25. The molecule has 0 aliphatic carbocycles. The molecule has 2 aromatic rings. The second-order valence-electron chi connectivity index (χ2n) is 27.9. The molecular formula is C58H92F2N6O9. The molecule has 17 heteroatoms. The van der Waals surface area contributed by atoms with Gasteiger partial charge in [-0.05, 0) is 204 Å². The second kappa shape index (κ2) is 17.5. The molecule has 4 saturated heterocycles. The van der Waals surface area contributed by atoms with E-state index in [1.165, 1.54) is 41.8 Å². The maximum Gasteiger partial charge on any atom is 0.415 e. The Balaban J connectivity index is 0.000000277. The number of hydroxylamine groups is 2. The summed E-state index contributed by atoms with van der Waals surface area (Å²) in [7, 11) is 0. The summed E-state index contributed by atoms with van der Waals surface area (Å²) in [5.74, 6) is -1.65. The van der Waals surface area contributed by atoms with Crippen LogP contribution in [0.15, 0.2) is 36.4 Å². The Labute approximate surface area is 447 Å². The number of benzene rings is 2. The van der Waals surface area contributed by atoms with Gasteiger partial charge in [-0.1, -0.05) is 0 Å². The van der Waals surface area contributed by atoms with Crippen LogP contribution >= 0.6 is 0 Å². The molecule has 0 bridgehead atoms. The third-order valence-corrected chi connectivity index (χ3v) is 20.3. The zero-order valence-corrected chi connectivity index (χ0v) is 50.7. The zero-order valence-electron chi connectivity index (χ0n) is 50.7. The van der Waals surface area contributed by atoms with Crippen molar-refractivity contribution in [3.8, 4) is 0 Å². The van der Waals surface area contributed by atoms with Crippen LogP contribution in [0.2, 0.25) is 0 Å². The lowest BCUT2D eigenvalue weighted by molar-refractivity contribution is -0.274. The fourth-order valence-electron chi connectivity index (χ4n) is 12.7. The van der Waals surface area contributed by atoms with Gasteiger partial charge in [-0.3, -0.25) is 19.4 Å². The fourth-order valence-corrected chi connectivity index (χ4v) is 12.7. The Morgan fingerprint density at radius 3 is 1.16 bits per heavy atom. The fraction of sp³-hybridized carbons (Fsp3) is 0.724. The van der Waals surface area contributed by atoms with E-state index in [9.17, 15) is 19.2 Å². The Hall–Kier alpha value is -4.58. The molecule has 75 heavy (non-hydrogen) atoms. The molecule has 4 aliphatic rings. The summed E-state index contributed by atoms with van der Waals surface area (Å²) >= 11 is 0. The van der Waals surface area contributed by atoms with Crippen LogP contribution in [-0.2, 0) is 28.5 Å². The van der Waals surface area contributed by atoms with Gasteiger partial charge in [-0.25, -0.2) is 18.4 Å². The third-order valence-electron chi connectivity index (χ3n) is 20.3. The summed E-state index contributed by atoms with van der Waals surface area (Å²) in [4.78, 5) is 55.3. The van der Waals surface area contributed by atoms with E-state index in [2.05, 4.69) is 43.2 Å². The van der Waals surface area contributed by atoms with Crippen molar-refractivity contribution in [1.29, 1.82) is 0 Å². The van der Waals surface area contributed by atoms with Crippen LogP contribution < -0.4 is 30.0 Å². The van der Waals surface area contributed by atoms with Crippen LogP contribution in [0.3, 0.4) is 0 Å². The first-order chi connectivity index (χ1) is 33.1. The smallest absolute Gasteiger partial charge is 0.415 e. The summed E-state index contributed by atoms with van der Waals surface area (Å²) in [5, 5.41) is 20.9. The summed E-state index contributed by atoms with van der Waals surface area (Å²) in [6, 6.07) is 9.21. The van der Waals surface area contributed by atoms with Gasteiger partial charge in [0.15, 0.2) is 22.7 Å². The summed E-state index contributed by atoms with van der Waals surface area (Å²) in [5.41, 5.74) is -11.1. The number of carbonyl (C=O) groups excluding carboxylic acids is 4. The molecule has 4 amide bonds. The molecule has 2 atom stereocenters. The standard InChI is InChI=1S/C29H46FN3O5.C29H46FN3O4/c1-18(34)31-23(2,3)29(14)24(4,5)32(22(35)37-29)19-15-16-21(20(30)17-19)33(36)25(6,7)27(10,11)38-28(12,13)26(33,8)9;1-18(34)31-23(2,3)29(14)26(8,9)32(22(35)36-29)19-15-16-21(20(30)17-19)33-24(4,5)27(10,11)37-28(12,13)25(33,6)7/h15-17H,1-14H3,(H,31,34);15-17H,1-14H3,(H,31,34)/t2*29-/m00/s1. The van der Waals surface area contributed by atoms with Gasteiger partial charge in [0.2, 0.25) is 11.8 Å². The number of nitrogens with zero attached hydrogens (tertiary/aromatic N) is 4. The predicted octanol–water partition coefficient (Wildman–Crippen LogP) is 12.4. The molecule has 4 aliphatic heterocycles. The van der Waals surface area contributed by atoms with Gasteiger partial charge in [-0.2, -0.15) is 0 Å². The Kier molecular flexibility index (Phi) is 14.3. The van der Waals surface area contributed by atoms with Crippen LogP contribution in [0, 0.1) is 16.8 Å². The van der Waals surface area contributed by atoms with E-state index in [4.69, 9.17) is 18.9 Å². The molecule has 0 radical (unpaired) electrons. The number of morpholine rings is 2. The average Bonchev–Trinajstić information content (AvgIpc) is 3.50. The van der Waals surface area contributed by atoms with Crippen LogP contribution in [0.5, 0.6) is 0 Å². The van der Waals surface area contributed by atoms with Crippen molar-refractivity contribution in [3.63, 3.8) is 0 Å². The van der Waals surface area contributed by atoms with Crippen molar-refractivity contribution in [2.24, 2.45) is 0 Å². The number of carbonyl (C=O) groups is 4. The van der Waals surface area contributed by atoms with Crippen LogP contribution in [0.4, 0.5) is 41.1 Å². The minimum absolute atomic E-state index is 0.0279. The first-order valence-electron chi connectivity index (χ1n) is 26.2. The highest BCUT2D eigenvalue weighted by atomic mass is 19.1. The molecule has 422 valence electrons. The average molecular weight is 1060 g/mol. The number of ether oxygens (including phenoxy) is 4. The zero-order chi connectivity index (χ0) is 58.5. The van der Waals surface area contributed by atoms with E-state index in [-0.39, 0.29) is 23.2 Å². The van der Waals surface area contributed by atoms with E-state index < -0.39 is 106 Å². The largest absolute Gasteiger partial charge is 0.626 e. The number of hydrogen-bond donors (Lipinski definition) is 2. The third kappa shape index (κ3) is 8.43. The molecule has 0 aromatic heterocycles. The number of anilines is 3. The maximum absolute atomic E-state index is 16.2. The highest BCUT2D eigenvalue weighted by molar-refractivity contribution is 5.94. The van der Waals surface area contributed by atoms with Crippen molar-refractivity contribution in [2.45, 2.75) is 272 Å². The van der Waals surface area contributed by atoms with Crippen LogP contribution in [-0.4, -0.2) is 102 Å². The van der Waals surface area contributed by atoms with Gasteiger partial charge in [-0.15, -0.1) is 0 Å². The summed E-state index contributed by atoms with van der Waals surface area (Å²) in [6.45, 7) is 52.0. The lowest BCUT2D eigenvalue weighted by atomic mass is 9.70. The molecule has 4 fully saturated rings. The quantitative estimate of drug-likeness (QED) is 0.192. The van der Waals surface area contributed by atoms with E-state index in [1.54, 1.807) is 73.6 Å². The Morgan fingerprint density at radius 1 is 0.520 bits per heavy atom. The molecule has 2 aromatic carbocycles. The number of nitrogens with one attached hydrogen (secondary N) is 2. The van der Waals surface area contributed by atoms with Gasteiger partial charge in [0, 0.05) is 26.0 Å². The van der Waals surface area contributed by atoms with Gasteiger partial charge < -0.3 is 44.3 Å². The number of hydrogen-bond acceptors (Lipinski definition) is 10. The highest BCUT2D eigenvalue weighted by Gasteiger charge is 2.70. The first kappa shape index (κ1) is 61.3. The Bertz CT molecular complexity index is 2600. The topological polar surface area (TPSA) is 162 Å². The molecule has 2 N–H and O–H groups in total. The lowest BCUT2D eigenvalue weighted by Gasteiger charge is -2.73. The SMILES string of the molecule is CC(=O)NC(C)(C)[C@]1(C)OC(=O)N(c2ccc(N3C(C)(C)C(C)(C)OC(C)(C)C3(C)C)c(F)c2)C1(C)C.CC(=O)NC(C)(C)[C@]1(C)OC(=O)N(c2ccc([N+]3([O-])C(C)(C)C(C)(C)OC(C)(C)C3(C)C)c(F)c2)C1(C)C. The van der Waals surface area contributed by atoms with Crippen molar-refractivity contribution >= 4 is 46.8 Å². The number of amides is 4. The van der Waals surface area contributed by atoms with Gasteiger partial charge >= 0.3 is 12.2 Å². The normalized spacial score (nSPS) is 28.1. The van der Waals surface area contributed by atoms with Crippen molar-refractivity contribution in [2.75, 3.05) is 14.7 Å². The van der Waals surface area contributed by atoms with Gasteiger partial charge in [0.25, 0.3) is 0 Å². The van der Waals surface area contributed by atoms with E-state index >= 15 is 14.0 Å². The molecular weight excluding hydrogens is 963 g/mol. The molecule has 15 nitrogen and oxygen atoms in total. The summed E-state index contributed by atoms with van der Waals surface area (Å²) < 4.78 is 56.2. The maximum atomic E-state index is 16.2. The number of cyclic esters (lactones) is 2. The first-order valence-corrected chi connectivity index (χ1v) is 26.2. The van der Waals surface area contributed by atoms with E-state index in [0.29, 0.717) is 11.4 Å². The van der Waals surface area contributed by atoms with E-state index in [0.717, 1.165) is 0 Å². The lowest BCUT2D eigenvalue weighted by Crippen LogP contribution is -2.86.